The molecule has 1 rings (SSSR count). The van der Waals surface area contributed by atoms with Gasteiger partial charge < -0.3 is 4.74 Å². The Morgan fingerprint density at radius 1 is 1.65 bits per heavy atom. The highest BCUT2D eigenvalue weighted by Crippen LogP contribution is 2.42. The number of rotatable bonds is 5. The quantitative estimate of drug-likeness (QED) is 0.546. The lowest BCUT2D eigenvalue weighted by atomic mass is 9.65. The summed E-state index contributed by atoms with van der Waals surface area (Å²) < 4.78 is 4.70. The van der Waals surface area contributed by atoms with Gasteiger partial charge in [0, 0.05) is 11.8 Å². The molecule has 17 heavy (non-hydrogen) atoms. The third-order valence-corrected chi connectivity index (χ3v) is 3.98. The first kappa shape index (κ1) is 13.9. The number of carbonyl (C=O) groups excluding carboxylic acids is 2. The topological polar surface area (TPSA) is 43.4 Å². The fourth-order valence-electron chi connectivity index (χ4n) is 2.67. The number of allylic oxidation sites excluding steroid dienone is 1. The molecule has 0 heterocycles. The summed E-state index contributed by atoms with van der Waals surface area (Å²) in [5.74, 6) is 0.364. The molecule has 0 aromatic heterocycles. The third-order valence-electron chi connectivity index (χ3n) is 3.98. The van der Waals surface area contributed by atoms with E-state index in [0.717, 1.165) is 25.7 Å². The fraction of sp³-hybridized carbons (Fsp3) is 0.714. The van der Waals surface area contributed by atoms with E-state index in [1.54, 1.807) is 0 Å². The predicted molar refractivity (Wildman–Crippen MR) is 66.5 cm³/mol. The lowest BCUT2D eigenvalue weighted by Crippen LogP contribution is -2.38. The van der Waals surface area contributed by atoms with Crippen molar-refractivity contribution in [3.05, 3.63) is 12.7 Å². The van der Waals surface area contributed by atoms with Crippen LogP contribution in [0.25, 0.3) is 0 Å². The van der Waals surface area contributed by atoms with Crippen LogP contribution in [0.4, 0.5) is 0 Å². The Bertz CT molecular complexity index is 309. The van der Waals surface area contributed by atoms with E-state index >= 15 is 0 Å². The zero-order valence-corrected chi connectivity index (χ0v) is 10.8. The van der Waals surface area contributed by atoms with Crippen LogP contribution in [-0.4, -0.2) is 18.9 Å². The van der Waals surface area contributed by atoms with Gasteiger partial charge in [-0.05, 0) is 31.6 Å². The monoisotopic (exact) mass is 238 g/mol. The molecule has 3 heteroatoms. The molecule has 0 spiro atoms. The summed E-state index contributed by atoms with van der Waals surface area (Å²) in [6.07, 6.45) is 6.11. The molecule has 0 amide bonds. The molecule has 3 nitrogen and oxygen atoms in total. The van der Waals surface area contributed by atoms with Crippen LogP contribution in [0.15, 0.2) is 12.7 Å². The molecular weight excluding hydrogens is 216 g/mol. The van der Waals surface area contributed by atoms with Gasteiger partial charge in [-0.1, -0.05) is 13.0 Å². The van der Waals surface area contributed by atoms with Crippen molar-refractivity contribution < 1.29 is 14.3 Å². The van der Waals surface area contributed by atoms with Crippen molar-refractivity contribution in [2.75, 3.05) is 7.11 Å². The van der Waals surface area contributed by atoms with Crippen LogP contribution in [-0.2, 0) is 14.3 Å². The summed E-state index contributed by atoms with van der Waals surface area (Å²) >= 11 is 0. The van der Waals surface area contributed by atoms with Gasteiger partial charge in [-0.3, -0.25) is 9.59 Å². The van der Waals surface area contributed by atoms with Crippen LogP contribution in [0.5, 0.6) is 0 Å². The number of esters is 1. The molecule has 1 fully saturated rings. The summed E-state index contributed by atoms with van der Waals surface area (Å²) in [6, 6.07) is 0. The van der Waals surface area contributed by atoms with Crippen LogP contribution in [0.3, 0.4) is 0 Å². The first-order chi connectivity index (χ1) is 8.07. The largest absolute Gasteiger partial charge is 0.469 e. The number of hydrogen-bond donors (Lipinski definition) is 0. The SMILES string of the molecule is C=CC[C@H]1CC[C@](CC)(CC(=O)OC)C(=O)C1. The first-order valence-electron chi connectivity index (χ1n) is 6.29. The second-order valence-corrected chi connectivity index (χ2v) is 4.94. The number of ether oxygens (including phenoxy) is 1. The average Bonchev–Trinajstić information content (AvgIpc) is 2.33. The first-order valence-corrected chi connectivity index (χ1v) is 6.29. The number of Topliss-reactive ketones (excluding diaryl/α,β-unsaturated/α-hetero) is 1. The zero-order valence-electron chi connectivity index (χ0n) is 10.8. The Kier molecular flexibility index (Phi) is 4.91. The Labute approximate surface area is 103 Å². The summed E-state index contributed by atoms with van der Waals surface area (Å²) in [5, 5.41) is 0. The molecule has 0 aromatic carbocycles. The molecule has 96 valence electrons. The lowest BCUT2D eigenvalue weighted by molar-refractivity contribution is -0.149. The van der Waals surface area contributed by atoms with E-state index in [9.17, 15) is 9.59 Å². The Morgan fingerprint density at radius 3 is 2.82 bits per heavy atom. The van der Waals surface area contributed by atoms with Crippen LogP contribution >= 0.6 is 0 Å². The highest BCUT2D eigenvalue weighted by Gasteiger charge is 2.42. The molecule has 0 N–H and O–H groups in total. The Morgan fingerprint density at radius 2 is 2.35 bits per heavy atom. The van der Waals surface area contributed by atoms with E-state index in [2.05, 4.69) is 6.58 Å². The molecule has 1 saturated carbocycles. The van der Waals surface area contributed by atoms with E-state index in [4.69, 9.17) is 4.74 Å². The molecule has 0 unspecified atom stereocenters. The average molecular weight is 238 g/mol. The van der Waals surface area contributed by atoms with E-state index in [-0.39, 0.29) is 18.2 Å². The van der Waals surface area contributed by atoms with Crippen molar-refractivity contribution in [2.24, 2.45) is 11.3 Å². The maximum absolute atomic E-state index is 12.2. The van der Waals surface area contributed by atoms with Crippen molar-refractivity contribution in [3.63, 3.8) is 0 Å². The van der Waals surface area contributed by atoms with Crippen LogP contribution in [0.1, 0.15) is 45.4 Å². The van der Waals surface area contributed by atoms with Gasteiger partial charge in [0.2, 0.25) is 0 Å². The lowest BCUT2D eigenvalue weighted by Gasteiger charge is -2.37. The summed E-state index contributed by atoms with van der Waals surface area (Å²) in [5.41, 5.74) is -0.467. The standard InChI is InChI=1S/C14H22O3/c1-4-6-11-7-8-14(5-2,12(15)9-11)10-13(16)17-3/h4,11H,1,5-10H2,2-3H3/t11-,14+/m0/s1. The Balaban J connectivity index is 2.71. The minimum absolute atomic E-state index is 0.225. The van der Waals surface area contributed by atoms with Crippen molar-refractivity contribution >= 4 is 11.8 Å². The van der Waals surface area contributed by atoms with Gasteiger partial charge in [-0.2, -0.15) is 0 Å². The summed E-state index contributed by atoms with van der Waals surface area (Å²) in [7, 11) is 1.37. The summed E-state index contributed by atoms with van der Waals surface area (Å²) in [4.78, 5) is 23.6. The normalized spacial score (nSPS) is 28.8. The maximum Gasteiger partial charge on any atom is 0.306 e. The molecule has 0 saturated heterocycles. The molecule has 1 aliphatic carbocycles. The minimum Gasteiger partial charge on any atom is -0.469 e. The van der Waals surface area contributed by atoms with Crippen LogP contribution in [0, 0.1) is 11.3 Å². The highest BCUT2D eigenvalue weighted by atomic mass is 16.5. The number of carbonyl (C=O) groups is 2. The smallest absolute Gasteiger partial charge is 0.306 e. The van der Waals surface area contributed by atoms with Crippen molar-refractivity contribution in [3.8, 4) is 0 Å². The van der Waals surface area contributed by atoms with Gasteiger partial charge >= 0.3 is 5.97 Å². The second-order valence-electron chi connectivity index (χ2n) is 4.94. The highest BCUT2D eigenvalue weighted by molar-refractivity contribution is 5.89. The molecule has 2 atom stereocenters. The maximum atomic E-state index is 12.2. The van der Waals surface area contributed by atoms with E-state index in [0.29, 0.717) is 12.3 Å². The molecular formula is C14H22O3. The van der Waals surface area contributed by atoms with Gasteiger partial charge in [0.15, 0.2) is 0 Å². The van der Waals surface area contributed by atoms with Gasteiger partial charge in [-0.25, -0.2) is 0 Å². The van der Waals surface area contributed by atoms with Gasteiger partial charge in [0.25, 0.3) is 0 Å². The van der Waals surface area contributed by atoms with E-state index in [1.807, 2.05) is 13.0 Å². The minimum atomic E-state index is -0.467. The van der Waals surface area contributed by atoms with Crippen LogP contribution < -0.4 is 0 Å². The van der Waals surface area contributed by atoms with Crippen LogP contribution in [0.2, 0.25) is 0 Å². The van der Waals surface area contributed by atoms with Crippen molar-refractivity contribution in [1.82, 2.24) is 0 Å². The molecule has 0 radical (unpaired) electrons. The number of methoxy groups -OCH3 is 1. The predicted octanol–water partition coefficient (Wildman–Crippen LogP) is 2.89. The molecule has 0 aliphatic heterocycles. The molecule has 0 bridgehead atoms. The zero-order chi connectivity index (χ0) is 12.9. The third kappa shape index (κ3) is 3.18. The Hall–Kier alpha value is -1.12. The van der Waals surface area contributed by atoms with E-state index < -0.39 is 5.41 Å². The van der Waals surface area contributed by atoms with E-state index in [1.165, 1.54) is 7.11 Å². The van der Waals surface area contributed by atoms with Gasteiger partial charge in [0.05, 0.1) is 13.5 Å². The number of hydrogen-bond acceptors (Lipinski definition) is 3. The van der Waals surface area contributed by atoms with Crippen molar-refractivity contribution in [1.29, 1.82) is 0 Å². The second kappa shape index (κ2) is 5.99. The molecule has 0 aromatic rings. The van der Waals surface area contributed by atoms with Gasteiger partial charge in [-0.15, -0.1) is 6.58 Å². The fourth-order valence-corrected chi connectivity index (χ4v) is 2.67. The number of ketones is 1. The molecule has 1 aliphatic rings. The van der Waals surface area contributed by atoms with Gasteiger partial charge in [0.1, 0.15) is 5.78 Å². The summed E-state index contributed by atoms with van der Waals surface area (Å²) in [6.45, 7) is 5.69. The van der Waals surface area contributed by atoms with Crippen molar-refractivity contribution in [2.45, 2.75) is 45.4 Å².